The number of nitrogens with one attached hydrogen (secondary N) is 1. The lowest BCUT2D eigenvalue weighted by Crippen LogP contribution is -2.42. The first-order chi connectivity index (χ1) is 18.4. The Bertz CT molecular complexity index is 1480. The van der Waals surface area contributed by atoms with Crippen LogP contribution in [0.2, 0.25) is 5.02 Å². The maximum Gasteiger partial charge on any atom is 0.293 e. The van der Waals surface area contributed by atoms with Gasteiger partial charge in [-0.2, -0.15) is 0 Å². The average Bonchev–Trinajstić information content (AvgIpc) is 3.47. The van der Waals surface area contributed by atoms with Gasteiger partial charge < -0.3 is 19.6 Å². The van der Waals surface area contributed by atoms with E-state index < -0.39 is 0 Å². The van der Waals surface area contributed by atoms with E-state index in [2.05, 4.69) is 24.1 Å². The third-order valence-corrected chi connectivity index (χ3v) is 7.01. The molecule has 0 bridgehead atoms. The van der Waals surface area contributed by atoms with Gasteiger partial charge in [0.2, 0.25) is 5.95 Å². The Kier molecular flexibility index (Phi) is 7.20. The summed E-state index contributed by atoms with van der Waals surface area (Å²) in [5.74, 6) is 0.392. The van der Waals surface area contributed by atoms with Crippen molar-refractivity contribution in [1.29, 1.82) is 0 Å². The number of carbonyl (C=O) groups excluding carboxylic acids is 1. The molecule has 3 heterocycles. The number of hydrogen-bond donors (Lipinski definition) is 1. The van der Waals surface area contributed by atoms with Gasteiger partial charge in [0.1, 0.15) is 7.11 Å². The third-order valence-electron chi connectivity index (χ3n) is 6.76. The summed E-state index contributed by atoms with van der Waals surface area (Å²) in [6, 6.07) is 14.8. The summed E-state index contributed by atoms with van der Waals surface area (Å²) in [5.41, 5.74) is 3.29. The molecule has 0 saturated carbocycles. The van der Waals surface area contributed by atoms with Crippen molar-refractivity contribution in [3.63, 3.8) is 0 Å². The van der Waals surface area contributed by atoms with Crippen LogP contribution in [-0.4, -0.2) is 43.7 Å². The van der Waals surface area contributed by atoms with Gasteiger partial charge in [-0.25, -0.2) is 9.97 Å². The van der Waals surface area contributed by atoms with E-state index in [4.69, 9.17) is 21.4 Å². The zero-order valence-corrected chi connectivity index (χ0v) is 22.2. The minimum absolute atomic E-state index is 0.120. The second-order valence-corrected chi connectivity index (χ2v) is 9.99. The van der Waals surface area contributed by atoms with Crippen molar-refractivity contribution in [3.05, 3.63) is 105 Å². The normalized spacial score (nSPS) is 13.8. The van der Waals surface area contributed by atoms with Gasteiger partial charge in [-0.1, -0.05) is 37.6 Å². The number of anilines is 1. The lowest BCUT2D eigenvalue weighted by Gasteiger charge is -2.30. The molecule has 10 heteroatoms. The second kappa shape index (κ2) is 10.7. The Hall–Kier alpha value is -4.11. The Morgan fingerprint density at radius 3 is 2.47 bits per heavy atom. The number of fused-ring (bicyclic) bond motifs is 1. The van der Waals surface area contributed by atoms with Crippen LogP contribution < -0.4 is 15.7 Å². The molecule has 0 saturated heterocycles. The fraction of sp³-hybridized carbons (Fsp3) is 0.286. The summed E-state index contributed by atoms with van der Waals surface area (Å²) in [5, 5.41) is 4.06. The number of benzene rings is 2. The molecule has 4 aromatic rings. The van der Waals surface area contributed by atoms with Gasteiger partial charge in [-0.15, -0.1) is 4.73 Å². The van der Waals surface area contributed by atoms with Crippen LogP contribution in [0.4, 0.5) is 5.95 Å². The first-order valence-electron chi connectivity index (χ1n) is 12.4. The number of nitrogens with zero attached hydrogens (tertiary/aromatic N) is 5. The quantitative estimate of drug-likeness (QED) is 0.384. The Morgan fingerprint density at radius 2 is 1.84 bits per heavy atom. The molecule has 0 unspecified atom stereocenters. The highest BCUT2D eigenvalue weighted by Gasteiger charge is 2.28. The van der Waals surface area contributed by atoms with Crippen LogP contribution in [0.1, 0.15) is 47.1 Å². The summed E-state index contributed by atoms with van der Waals surface area (Å²) in [4.78, 5) is 42.7. The highest BCUT2D eigenvalue weighted by Crippen LogP contribution is 2.27. The minimum atomic E-state index is -0.327. The molecule has 1 amide bonds. The molecule has 9 nitrogen and oxygen atoms in total. The molecule has 2 aromatic carbocycles. The molecule has 0 spiro atoms. The highest BCUT2D eigenvalue weighted by atomic mass is 35.5. The van der Waals surface area contributed by atoms with Gasteiger partial charge in [0.05, 0.1) is 30.2 Å². The van der Waals surface area contributed by atoms with Crippen LogP contribution in [0.15, 0.2) is 72.0 Å². The Morgan fingerprint density at radius 1 is 1.11 bits per heavy atom. The smallest absolute Gasteiger partial charge is 0.293 e. The predicted octanol–water partition coefficient (Wildman–Crippen LogP) is 4.15. The number of amides is 1. The summed E-state index contributed by atoms with van der Waals surface area (Å²) >= 11 is 6.08. The maximum absolute atomic E-state index is 13.5. The van der Waals surface area contributed by atoms with E-state index in [9.17, 15) is 9.59 Å². The van der Waals surface area contributed by atoms with Gasteiger partial charge in [0.15, 0.2) is 0 Å². The molecule has 5 rings (SSSR count). The van der Waals surface area contributed by atoms with Crippen molar-refractivity contribution in [3.8, 4) is 5.69 Å². The third kappa shape index (κ3) is 5.02. The molecule has 196 valence electrons. The van der Waals surface area contributed by atoms with E-state index in [1.165, 1.54) is 7.11 Å². The number of imidazole rings is 1. The molecule has 1 N–H and O–H groups in total. The van der Waals surface area contributed by atoms with Crippen molar-refractivity contribution in [1.82, 2.24) is 24.2 Å². The van der Waals surface area contributed by atoms with Crippen molar-refractivity contribution >= 4 is 23.5 Å². The van der Waals surface area contributed by atoms with E-state index in [1.54, 1.807) is 29.6 Å². The van der Waals surface area contributed by atoms with Crippen LogP contribution in [0.25, 0.3) is 5.69 Å². The number of halogens is 1. The zero-order valence-electron chi connectivity index (χ0n) is 21.5. The van der Waals surface area contributed by atoms with E-state index >= 15 is 0 Å². The molecule has 1 atom stereocenters. The molecule has 1 aliphatic rings. The van der Waals surface area contributed by atoms with Crippen molar-refractivity contribution in [2.75, 3.05) is 19.0 Å². The molecule has 2 aromatic heterocycles. The van der Waals surface area contributed by atoms with E-state index in [0.29, 0.717) is 40.8 Å². The van der Waals surface area contributed by atoms with Crippen LogP contribution in [0.5, 0.6) is 0 Å². The SMILES string of the molecule is COn1c(N[C@H](c2ccc(Cl)cc2)C(C)C)nc2c(c1=O)CN(C(=O)c1ccc(-n3ccnc3)cc1)CC2. The zero-order chi connectivity index (χ0) is 26.8. The molecule has 0 aliphatic carbocycles. The Labute approximate surface area is 225 Å². The van der Waals surface area contributed by atoms with Crippen LogP contribution in [-0.2, 0) is 13.0 Å². The molecular weight excluding hydrogens is 504 g/mol. The van der Waals surface area contributed by atoms with Crippen molar-refractivity contribution < 1.29 is 9.63 Å². The predicted molar refractivity (Wildman–Crippen MR) is 146 cm³/mol. The summed E-state index contributed by atoms with van der Waals surface area (Å²) < 4.78 is 3.03. The Balaban J connectivity index is 1.39. The first-order valence-corrected chi connectivity index (χ1v) is 12.8. The molecular formula is C28H29ClN6O3. The average molecular weight is 533 g/mol. The summed E-state index contributed by atoms with van der Waals surface area (Å²) in [6.45, 7) is 4.80. The maximum atomic E-state index is 13.5. The molecule has 38 heavy (non-hydrogen) atoms. The van der Waals surface area contributed by atoms with E-state index in [0.717, 1.165) is 16.0 Å². The number of rotatable bonds is 7. The number of hydrogen-bond acceptors (Lipinski definition) is 6. The van der Waals surface area contributed by atoms with Crippen molar-refractivity contribution in [2.45, 2.75) is 32.9 Å². The summed E-state index contributed by atoms with van der Waals surface area (Å²) in [7, 11) is 1.43. The molecule has 0 radical (unpaired) electrons. The lowest BCUT2D eigenvalue weighted by atomic mass is 9.96. The molecule has 0 fully saturated rings. The van der Waals surface area contributed by atoms with Crippen LogP contribution in [0.3, 0.4) is 0 Å². The summed E-state index contributed by atoms with van der Waals surface area (Å²) in [6.07, 6.45) is 5.71. The van der Waals surface area contributed by atoms with E-state index in [1.807, 2.05) is 47.2 Å². The largest absolute Gasteiger partial charge is 0.411 e. The number of aromatic nitrogens is 4. The topological polar surface area (TPSA) is 94.3 Å². The first kappa shape index (κ1) is 25.5. The molecule has 1 aliphatic heterocycles. The highest BCUT2D eigenvalue weighted by molar-refractivity contribution is 6.30. The fourth-order valence-corrected chi connectivity index (χ4v) is 4.83. The lowest BCUT2D eigenvalue weighted by molar-refractivity contribution is 0.0728. The van der Waals surface area contributed by atoms with Gasteiger partial charge >= 0.3 is 0 Å². The van der Waals surface area contributed by atoms with Gasteiger partial charge in [-0.3, -0.25) is 9.59 Å². The standard InChI is InChI=1S/C28H29ClN6O3/c1-18(2)25(19-4-8-21(29)9-5-19)32-28-31-24-12-14-33(16-23(24)27(37)35(28)38-3)26(36)20-6-10-22(11-7-20)34-15-13-30-17-34/h4-11,13,15,17-18,25H,12,14,16H2,1-3H3,(H,31,32)/t25-/m0/s1. The van der Waals surface area contributed by atoms with E-state index in [-0.39, 0.29) is 30.0 Å². The second-order valence-electron chi connectivity index (χ2n) is 9.55. The fourth-order valence-electron chi connectivity index (χ4n) is 4.71. The minimum Gasteiger partial charge on any atom is -0.411 e. The number of carbonyl (C=O) groups is 1. The monoisotopic (exact) mass is 532 g/mol. The van der Waals surface area contributed by atoms with Gasteiger partial charge in [-0.05, 0) is 47.9 Å². The van der Waals surface area contributed by atoms with Gasteiger partial charge in [0.25, 0.3) is 11.5 Å². The van der Waals surface area contributed by atoms with Crippen LogP contribution >= 0.6 is 11.6 Å². The van der Waals surface area contributed by atoms with Gasteiger partial charge in [0, 0.05) is 41.6 Å². The van der Waals surface area contributed by atoms with Crippen LogP contribution in [0, 0.1) is 5.92 Å². The van der Waals surface area contributed by atoms with Crippen molar-refractivity contribution in [2.24, 2.45) is 5.92 Å².